The van der Waals surface area contributed by atoms with Gasteiger partial charge in [-0.05, 0) is 12.1 Å². The largest absolute Gasteiger partial charge is 0.479 e. The Kier molecular flexibility index (Phi) is 2.10. The molecule has 4 nitrogen and oxygen atoms in total. The number of nitrogens with one attached hydrogen (secondary N) is 1. The Labute approximate surface area is 81.2 Å². The predicted molar refractivity (Wildman–Crippen MR) is 50.5 cm³/mol. The van der Waals surface area contributed by atoms with E-state index in [-0.39, 0.29) is 11.7 Å². The van der Waals surface area contributed by atoms with Gasteiger partial charge in [0.25, 0.3) is 5.90 Å². The molecule has 1 N–H and O–H groups in total. The van der Waals surface area contributed by atoms with Crippen molar-refractivity contribution in [2.45, 2.75) is 0 Å². The number of fused-ring (bicyclic) bond motifs is 1. The molecule has 0 amide bonds. The Hall–Kier alpha value is -1.97. The van der Waals surface area contributed by atoms with Crippen molar-refractivity contribution in [2.75, 3.05) is 7.11 Å². The lowest BCUT2D eigenvalue weighted by molar-refractivity contribution is 0.312. The standard InChI is InChI=1S/C10H9NO3/c1-12-10(11)9-6-13-7-4-2-3-5-8(7)14-9/h2-6,11H,1H3. The van der Waals surface area contributed by atoms with Gasteiger partial charge in [-0.2, -0.15) is 0 Å². The van der Waals surface area contributed by atoms with Gasteiger partial charge in [0.05, 0.1) is 7.11 Å². The van der Waals surface area contributed by atoms with Crippen molar-refractivity contribution >= 4 is 5.90 Å². The number of benzene rings is 1. The monoisotopic (exact) mass is 191 g/mol. The summed E-state index contributed by atoms with van der Waals surface area (Å²) in [5.74, 6) is 1.44. The highest BCUT2D eigenvalue weighted by Crippen LogP contribution is 2.31. The van der Waals surface area contributed by atoms with E-state index in [1.807, 2.05) is 12.1 Å². The summed E-state index contributed by atoms with van der Waals surface area (Å²) in [7, 11) is 1.41. The molecule has 0 bridgehead atoms. The van der Waals surface area contributed by atoms with Crippen LogP contribution in [0.2, 0.25) is 0 Å². The number of rotatable bonds is 1. The Morgan fingerprint density at radius 1 is 1.29 bits per heavy atom. The molecule has 1 aromatic rings. The Balaban J connectivity index is 2.25. The smallest absolute Gasteiger partial charge is 0.253 e. The van der Waals surface area contributed by atoms with Crippen molar-refractivity contribution in [3.05, 3.63) is 36.3 Å². The van der Waals surface area contributed by atoms with E-state index in [0.717, 1.165) is 0 Å². The molecule has 72 valence electrons. The molecule has 0 spiro atoms. The van der Waals surface area contributed by atoms with Crippen LogP contribution in [-0.2, 0) is 4.74 Å². The Morgan fingerprint density at radius 3 is 2.71 bits per heavy atom. The van der Waals surface area contributed by atoms with Crippen LogP contribution >= 0.6 is 0 Å². The van der Waals surface area contributed by atoms with E-state index in [1.54, 1.807) is 12.1 Å². The summed E-state index contributed by atoms with van der Waals surface area (Å²) in [4.78, 5) is 0. The summed E-state index contributed by atoms with van der Waals surface area (Å²) in [6, 6.07) is 7.24. The zero-order chi connectivity index (χ0) is 9.97. The summed E-state index contributed by atoms with van der Waals surface area (Å²) in [6.45, 7) is 0. The fourth-order valence-corrected chi connectivity index (χ4v) is 1.09. The van der Waals surface area contributed by atoms with Crippen molar-refractivity contribution in [1.29, 1.82) is 5.41 Å². The van der Waals surface area contributed by atoms with E-state index in [0.29, 0.717) is 11.5 Å². The molecule has 0 saturated carbocycles. The van der Waals surface area contributed by atoms with Crippen molar-refractivity contribution in [3.8, 4) is 11.5 Å². The molecule has 0 saturated heterocycles. The van der Waals surface area contributed by atoms with Gasteiger partial charge in [0, 0.05) is 0 Å². The molecule has 0 fully saturated rings. The van der Waals surface area contributed by atoms with Crippen LogP contribution in [0.1, 0.15) is 0 Å². The molecule has 1 aliphatic rings. The lowest BCUT2D eigenvalue weighted by Crippen LogP contribution is -2.14. The minimum absolute atomic E-state index is 0.0560. The highest BCUT2D eigenvalue weighted by Gasteiger charge is 2.17. The van der Waals surface area contributed by atoms with Crippen molar-refractivity contribution in [3.63, 3.8) is 0 Å². The van der Waals surface area contributed by atoms with Gasteiger partial charge in [0.2, 0.25) is 5.76 Å². The number of hydrogen-bond donors (Lipinski definition) is 1. The predicted octanol–water partition coefficient (Wildman–Crippen LogP) is 1.92. The maximum atomic E-state index is 7.38. The average molecular weight is 191 g/mol. The third-order valence-corrected chi connectivity index (χ3v) is 1.79. The van der Waals surface area contributed by atoms with Gasteiger partial charge in [0.1, 0.15) is 6.26 Å². The van der Waals surface area contributed by atoms with Gasteiger partial charge in [-0.3, -0.25) is 5.41 Å². The summed E-state index contributed by atoms with van der Waals surface area (Å²) in [6.07, 6.45) is 1.36. The first kappa shape index (κ1) is 8.62. The van der Waals surface area contributed by atoms with E-state index in [1.165, 1.54) is 13.4 Å². The number of ether oxygens (including phenoxy) is 3. The van der Waals surface area contributed by atoms with E-state index >= 15 is 0 Å². The topological polar surface area (TPSA) is 51.5 Å². The lowest BCUT2D eigenvalue weighted by atomic mass is 10.3. The zero-order valence-electron chi connectivity index (χ0n) is 7.61. The van der Waals surface area contributed by atoms with Gasteiger partial charge < -0.3 is 14.2 Å². The molecule has 4 heteroatoms. The van der Waals surface area contributed by atoms with Crippen LogP contribution in [0.4, 0.5) is 0 Å². The molecule has 0 radical (unpaired) electrons. The highest BCUT2D eigenvalue weighted by atomic mass is 16.6. The first-order valence-corrected chi connectivity index (χ1v) is 4.08. The van der Waals surface area contributed by atoms with Crippen LogP contribution in [-0.4, -0.2) is 13.0 Å². The van der Waals surface area contributed by atoms with Crippen molar-refractivity contribution in [1.82, 2.24) is 0 Å². The zero-order valence-corrected chi connectivity index (χ0v) is 7.61. The normalized spacial score (nSPS) is 13.1. The molecule has 2 rings (SSSR count). The first-order valence-electron chi connectivity index (χ1n) is 4.08. The third kappa shape index (κ3) is 1.42. The van der Waals surface area contributed by atoms with Crippen molar-refractivity contribution in [2.24, 2.45) is 0 Å². The molecular formula is C10H9NO3. The molecule has 1 heterocycles. The maximum absolute atomic E-state index is 7.38. The van der Waals surface area contributed by atoms with Crippen LogP contribution in [0.25, 0.3) is 0 Å². The number of methoxy groups -OCH3 is 1. The Morgan fingerprint density at radius 2 is 2.00 bits per heavy atom. The van der Waals surface area contributed by atoms with Crippen LogP contribution in [0, 0.1) is 5.41 Å². The second-order valence-electron chi connectivity index (χ2n) is 2.68. The third-order valence-electron chi connectivity index (χ3n) is 1.79. The second kappa shape index (κ2) is 3.41. The summed E-state index contributed by atoms with van der Waals surface area (Å²) in [5, 5.41) is 7.38. The quantitative estimate of drug-likeness (QED) is 0.545. The summed E-state index contributed by atoms with van der Waals surface area (Å²) < 4.78 is 15.3. The van der Waals surface area contributed by atoms with E-state index in [9.17, 15) is 0 Å². The molecule has 14 heavy (non-hydrogen) atoms. The van der Waals surface area contributed by atoms with Crippen molar-refractivity contribution < 1.29 is 14.2 Å². The van der Waals surface area contributed by atoms with Gasteiger partial charge in [-0.15, -0.1) is 0 Å². The molecule has 1 aromatic carbocycles. The van der Waals surface area contributed by atoms with Gasteiger partial charge in [-0.1, -0.05) is 12.1 Å². The number of para-hydroxylation sites is 2. The van der Waals surface area contributed by atoms with E-state index in [4.69, 9.17) is 19.6 Å². The van der Waals surface area contributed by atoms with Gasteiger partial charge >= 0.3 is 0 Å². The fourth-order valence-electron chi connectivity index (χ4n) is 1.09. The van der Waals surface area contributed by atoms with Gasteiger partial charge in [-0.25, -0.2) is 0 Å². The molecular weight excluding hydrogens is 182 g/mol. The van der Waals surface area contributed by atoms with E-state index in [2.05, 4.69) is 0 Å². The molecule has 0 atom stereocenters. The summed E-state index contributed by atoms with van der Waals surface area (Å²) in [5.41, 5.74) is 0. The van der Waals surface area contributed by atoms with Crippen LogP contribution in [0.3, 0.4) is 0 Å². The molecule has 0 aromatic heterocycles. The fraction of sp³-hybridized carbons (Fsp3) is 0.100. The minimum Gasteiger partial charge on any atom is -0.479 e. The second-order valence-corrected chi connectivity index (χ2v) is 2.68. The first-order chi connectivity index (χ1) is 6.81. The van der Waals surface area contributed by atoms with E-state index < -0.39 is 0 Å². The maximum Gasteiger partial charge on any atom is 0.253 e. The average Bonchev–Trinajstić information content (AvgIpc) is 2.27. The molecule has 0 aliphatic carbocycles. The van der Waals surface area contributed by atoms with Crippen LogP contribution in [0.5, 0.6) is 11.5 Å². The number of hydrogen-bond acceptors (Lipinski definition) is 4. The Bertz CT molecular complexity index is 398. The molecule has 1 aliphatic heterocycles. The van der Waals surface area contributed by atoms with Crippen LogP contribution < -0.4 is 9.47 Å². The van der Waals surface area contributed by atoms with Gasteiger partial charge in [0.15, 0.2) is 11.5 Å². The van der Waals surface area contributed by atoms with Crippen LogP contribution in [0.15, 0.2) is 36.3 Å². The summed E-state index contributed by atoms with van der Waals surface area (Å²) >= 11 is 0. The highest BCUT2D eigenvalue weighted by molar-refractivity contribution is 5.89. The molecule has 0 unspecified atom stereocenters. The SMILES string of the molecule is COC(=N)C1=COc2ccccc2O1. The lowest BCUT2D eigenvalue weighted by Gasteiger charge is -2.17. The minimum atomic E-state index is -0.0560.